The van der Waals surface area contributed by atoms with E-state index in [0.717, 1.165) is 17.0 Å². The number of non-ortho nitro benzene ring substituents is 1. The van der Waals surface area contributed by atoms with Crippen molar-refractivity contribution in [2.45, 2.75) is 24.7 Å². The molecule has 0 unspecified atom stereocenters. The van der Waals surface area contributed by atoms with Gasteiger partial charge in [0.05, 0.1) is 9.95 Å². The number of benzene rings is 1. The number of thiazole rings is 1. The van der Waals surface area contributed by atoms with Crippen molar-refractivity contribution < 1.29 is 18.1 Å². The Hall–Kier alpha value is -2.08. The third-order valence-corrected chi connectivity index (χ3v) is 7.63. The van der Waals surface area contributed by atoms with E-state index in [1.54, 1.807) is 6.20 Å². The molecule has 2 aromatic rings. The van der Waals surface area contributed by atoms with Gasteiger partial charge < -0.3 is 5.32 Å². The molecule has 0 aliphatic carbocycles. The minimum Gasteiger partial charge on any atom is -0.302 e. The molecular weight excluding hydrogens is 428 g/mol. The molecule has 1 aromatic heterocycles. The van der Waals surface area contributed by atoms with E-state index in [4.69, 9.17) is 11.6 Å². The number of carbonyl (C=O) groups is 1. The quantitative estimate of drug-likeness (QED) is 0.558. The first-order valence-electron chi connectivity index (χ1n) is 8.36. The highest BCUT2D eigenvalue weighted by molar-refractivity contribution is 7.89. The lowest BCUT2D eigenvalue weighted by molar-refractivity contribution is -0.385. The van der Waals surface area contributed by atoms with Gasteiger partial charge in [0.15, 0.2) is 5.13 Å². The van der Waals surface area contributed by atoms with Gasteiger partial charge in [0.1, 0.15) is 4.90 Å². The SMILES string of the molecule is Cc1cnc(NC(=O)C2CCN(S(=O)(=O)c3cc([N+](=O)[O-])ccc3Cl)CC2)s1. The Balaban J connectivity index is 1.69. The molecule has 28 heavy (non-hydrogen) atoms. The number of hydrogen-bond donors (Lipinski definition) is 1. The average molecular weight is 445 g/mol. The summed E-state index contributed by atoms with van der Waals surface area (Å²) in [4.78, 5) is 27.4. The molecule has 1 amide bonds. The Kier molecular flexibility index (Phi) is 5.98. The molecule has 0 saturated carbocycles. The molecule has 1 fully saturated rings. The van der Waals surface area contributed by atoms with Gasteiger partial charge in [-0.05, 0) is 25.8 Å². The van der Waals surface area contributed by atoms with Crippen LogP contribution in [0.3, 0.4) is 0 Å². The van der Waals surface area contributed by atoms with E-state index in [0.29, 0.717) is 18.0 Å². The smallest absolute Gasteiger partial charge is 0.270 e. The third kappa shape index (κ3) is 4.32. The zero-order valence-electron chi connectivity index (χ0n) is 14.8. The van der Waals surface area contributed by atoms with Gasteiger partial charge >= 0.3 is 0 Å². The molecule has 1 N–H and O–H groups in total. The average Bonchev–Trinajstić information content (AvgIpc) is 3.06. The molecule has 1 aliphatic heterocycles. The molecule has 0 spiro atoms. The number of carbonyl (C=O) groups excluding carboxylic acids is 1. The van der Waals surface area contributed by atoms with Gasteiger partial charge in [0.2, 0.25) is 15.9 Å². The van der Waals surface area contributed by atoms with Gasteiger partial charge in [0.25, 0.3) is 5.69 Å². The van der Waals surface area contributed by atoms with E-state index in [1.165, 1.54) is 21.7 Å². The normalized spacial score (nSPS) is 16.1. The van der Waals surface area contributed by atoms with E-state index < -0.39 is 14.9 Å². The number of aromatic nitrogens is 1. The molecule has 3 rings (SSSR count). The molecule has 0 radical (unpaired) electrons. The summed E-state index contributed by atoms with van der Waals surface area (Å²) in [5.41, 5.74) is -0.351. The molecular formula is C16H17ClN4O5S2. The largest absolute Gasteiger partial charge is 0.302 e. The summed E-state index contributed by atoms with van der Waals surface area (Å²) in [6.07, 6.45) is 2.34. The van der Waals surface area contributed by atoms with Crippen molar-refractivity contribution in [2.75, 3.05) is 18.4 Å². The van der Waals surface area contributed by atoms with E-state index in [1.807, 2.05) is 6.92 Å². The summed E-state index contributed by atoms with van der Waals surface area (Å²) in [6.45, 7) is 2.13. The number of rotatable bonds is 5. The second-order valence-electron chi connectivity index (χ2n) is 6.32. The summed E-state index contributed by atoms with van der Waals surface area (Å²) < 4.78 is 26.9. The first-order valence-corrected chi connectivity index (χ1v) is 11.0. The monoisotopic (exact) mass is 444 g/mol. The Morgan fingerprint density at radius 1 is 1.39 bits per heavy atom. The summed E-state index contributed by atoms with van der Waals surface area (Å²) in [6, 6.07) is 3.31. The van der Waals surface area contributed by atoms with Crippen LogP contribution in [-0.2, 0) is 14.8 Å². The minimum absolute atomic E-state index is 0.0791. The van der Waals surface area contributed by atoms with E-state index in [2.05, 4.69) is 10.3 Å². The van der Waals surface area contributed by atoms with Crippen LogP contribution < -0.4 is 5.32 Å². The Labute approximate surface area is 170 Å². The van der Waals surface area contributed by atoms with Crippen LogP contribution >= 0.6 is 22.9 Å². The number of sulfonamides is 1. The lowest BCUT2D eigenvalue weighted by Crippen LogP contribution is -2.41. The number of piperidine rings is 1. The standard InChI is InChI=1S/C16H17ClN4O5S2/c1-10-9-18-16(27-10)19-15(22)11-4-6-20(7-5-11)28(25,26)14-8-12(21(23)24)2-3-13(14)17/h2-3,8-9,11H,4-7H2,1H3,(H,18,19,22). The zero-order valence-corrected chi connectivity index (χ0v) is 17.2. The lowest BCUT2D eigenvalue weighted by Gasteiger charge is -2.30. The van der Waals surface area contributed by atoms with Crippen LogP contribution in [0.25, 0.3) is 0 Å². The zero-order chi connectivity index (χ0) is 20.5. The predicted molar refractivity (Wildman–Crippen MR) is 105 cm³/mol. The summed E-state index contributed by atoms with van der Waals surface area (Å²) in [5, 5.41) is 14.1. The number of nitrogens with one attached hydrogen (secondary N) is 1. The van der Waals surface area contributed by atoms with E-state index in [-0.39, 0.29) is 40.5 Å². The van der Waals surface area contributed by atoms with Crippen LogP contribution in [0.5, 0.6) is 0 Å². The molecule has 9 nitrogen and oxygen atoms in total. The lowest BCUT2D eigenvalue weighted by atomic mass is 9.97. The maximum atomic E-state index is 12.9. The fourth-order valence-corrected chi connectivity index (χ4v) is 5.55. The molecule has 1 aromatic carbocycles. The van der Waals surface area contributed by atoms with Gasteiger partial charge in [0, 0.05) is 42.2 Å². The Morgan fingerprint density at radius 3 is 2.64 bits per heavy atom. The van der Waals surface area contributed by atoms with Crippen molar-refractivity contribution in [3.63, 3.8) is 0 Å². The number of aryl methyl sites for hydroxylation is 1. The third-order valence-electron chi connectivity index (χ3n) is 4.42. The molecule has 0 bridgehead atoms. The highest BCUT2D eigenvalue weighted by Crippen LogP contribution is 2.31. The molecule has 12 heteroatoms. The van der Waals surface area contributed by atoms with Crippen molar-refractivity contribution >= 4 is 49.7 Å². The predicted octanol–water partition coefficient (Wildman–Crippen LogP) is 3.05. The summed E-state index contributed by atoms with van der Waals surface area (Å²) in [5.74, 6) is -0.531. The van der Waals surface area contributed by atoms with Gasteiger partial charge in [-0.15, -0.1) is 11.3 Å². The highest BCUT2D eigenvalue weighted by Gasteiger charge is 2.34. The van der Waals surface area contributed by atoms with Crippen molar-refractivity contribution in [1.82, 2.24) is 9.29 Å². The number of hydrogen-bond acceptors (Lipinski definition) is 7. The fourth-order valence-electron chi connectivity index (χ4n) is 2.92. The first kappa shape index (κ1) is 20.6. The molecule has 2 heterocycles. The number of amides is 1. The van der Waals surface area contributed by atoms with Crippen LogP contribution in [0.1, 0.15) is 17.7 Å². The second-order valence-corrected chi connectivity index (χ2v) is 9.86. The van der Waals surface area contributed by atoms with Crippen LogP contribution in [0.2, 0.25) is 5.02 Å². The number of halogens is 1. The van der Waals surface area contributed by atoms with E-state index in [9.17, 15) is 23.3 Å². The molecule has 150 valence electrons. The van der Waals surface area contributed by atoms with Crippen LogP contribution in [0.4, 0.5) is 10.8 Å². The summed E-state index contributed by atoms with van der Waals surface area (Å²) >= 11 is 7.35. The molecule has 1 saturated heterocycles. The number of anilines is 1. The Bertz CT molecular complexity index is 1020. The highest BCUT2D eigenvalue weighted by atomic mass is 35.5. The van der Waals surface area contributed by atoms with Gasteiger partial charge in [-0.2, -0.15) is 4.31 Å². The van der Waals surface area contributed by atoms with Gasteiger partial charge in [-0.1, -0.05) is 11.6 Å². The topological polar surface area (TPSA) is 123 Å². The maximum absolute atomic E-state index is 12.9. The second kappa shape index (κ2) is 8.11. The van der Waals surface area contributed by atoms with Crippen LogP contribution in [-0.4, -0.2) is 41.6 Å². The van der Waals surface area contributed by atoms with Crippen molar-refractivity contribution in [3.8, 4) is 0 Å². The van der Waals surface area contributed by atoms with Crippen molar-refractivity contribution in [2.24, 2.45) is 5.92 Å². The molecule has 1 aliphatic rings. The number of nitrogens with zero attached hydrogens (tertiary/aromatic N) is 3. The van der Waals surface area contributed by atoms with Gasteiger partial charge in [-0.25, -0.2) is 13.4 Å². The fraction of sp³-hybridized carbons (Fsp3) is 0.375. The minimum atomic E-state index is -4.00. The molecule has 0 atom stereocenters. The van der Waals surface area contributed by atoms with Crippen LogP contribution in [0.15, 0.2) is 29.3 Å². The number of nitro groups is 1. The van der Waals surface area contributed by atoms with Crippen molar-refractivity contribution in [1.29, 1.82) is 0 Å². The number of nitro benzene ring substituents is 1. The van der Waals surface area contributed by atoms with E-state index >= 15 is 0 Å². The summed E-state index contributed by atoms with van der Waals surface area (Å²) in [7, 11) is -4.00. The van der Waals surface area contributed by atoms with Gasteiger partial charge in [-0.3, -0.25) is 14.9 Å². The van der Waals surface area contributed by atoms with Crippen LogP contribution in [0, 0.1) is 23.0 Å². The maximum Gasteiger partial charge on any atom is 0.270 e. The Morgan fingerprint density at radius 2 is 2.07 bits per heavy atom. The first-order chi connectivity index (χ1) is 13.2. The van der Waals surface area contributed by atoms with Crippen molar-refractivity contribution in [3.05, 3.63) is 44.4 Å².